The van der Waals surface area contributed by atoms with E-state index in [4.69, 9.17) is 0 Å². The first-order chi connectivity index (χ1) is 11.3. The Morgan fingerprint density at radius 3 is 2.75 bits per heavy atom. The second-order valence-corrected chi connectivity index (χ2v) is 5.91. The standard InChI is InChI=1S/C14H17F3N6O/c1-7-12(8(2)20-19-7)13(24)18-5-11-22-21-10-4-3-9(6-23(10)11)14(15,16)17/h9H,3-6H2,1-2H3,(H,18,24)(H,19,20). The summed E-state index contributed by atoms with van der Waals surface area (Å²) in [5, 5.41) is 17.2. The van der Waals surface area contributed by atoms with Crippen molar-refractivity contribution >= 4 is 5.91 Å². The number of nitrogens with one attached hydrogen (secondary N) is 2. The third-order valence-electron chi connectivity index (χ3n) is 4.25. The zero-order valence-corrected chi connectivity index (χ0v) is 13.2. The van der Waals surface area contributed by atoms with Crippen LogP contribution in [-0.2, 0) is 19.5 Å². The molecule has 3 rings (SSSR count). The van der Waals surface area contributed by atoms with Gasteiger partial charge in [-0.1, -0.05) is 0 Å². The number of alkyl halides is 3. The fraction of sp³-hybridized carbons (Fsp3) is 0.571. The van der Waals surface area contributed by atoms with Crippen LogP contribution in [0.4, 0.5) is 13.2 Å². The number of nitrogens with zero attached hydrogens (tertiary/aromatic N) is 4. The van der Waals surface area contributed by atoms with Gasteiger partial charge in [-0.15, -0.1) is 10.2 Å². The topological polar surface area (TPSA) is 88.5 Å². The molecule has 2 N–H and O–H groups in total. The van der Waals surface area contributed by atoms with Crippen LogP contribution in [0.25, 0.3) is 0 Å². The van der Waals surface area contributed by atoms with E-state index in [1.165, 1.54) is 4.57 Å². The first-order valence-electron chi connectivity index (χ1n) is 7.54. The minimum absolute atomic E-state index is 0.0144. The Hall–Kier alpha value is -2.39. The van der Waals surface area contributed by atoms with E-state index < -0.39 is 12.1 Å². The van der Waals surface area contributed by atoms with E-state index in [0.29, 0.717) is 28.6 Å². The summed E-state index contributed by atoms with van der Waals surface area (Å²) in [6.45, 7) is 3.23. The van der Waals surface area contributed by atoms with Crippen LogP contribution >= 0.6 is 0 Å². The number of carbonyl (C=O) groups is 1. The monoisotopic (exact) mass is 342 g/mol. The number of H-pyrrole nitrogens is 1. The number of aryl methyl sites for hydroxylation is 3. The van der Waals surface area contributed by atoms with Crippen LogP contribution in [0, 0.1) is 19.8 Å². The molecule has 7 nitrogen and oxygen atoms in total. The van der Waals surface area contributed by atoms with Gasteiger partial charge in [-0.25, -0.2) is 0 Å². The van der Waals surface area contributed by atoms with E-state index in [1.54, 1.807) is 13.8 Å². The molecule has 0 spiro atoms. The minimum Gasteiger partial charge on any atom is -0.345 e. The van der Waals surface area contributed by atoms with E-state index >= 15 is 0 Å². The van der Waals surface area contributed by atoms with Crippen molar-refractivity contribution in [2.45, 2.75) is 46.0 Å². The molecule has 0 aliphatic carbocycles. The van der Waals surface area contributed by atoms with Crippen molar-refractivity contribution in [2.24, 2.45) is 5.92 Å². The fourth-order valence-corrected chi connectivity index (χ4v) is 2.91. The maximum Gasteiger partial charge on any atom is 0.393 e. The van der Waals surface area contributed by atoms with Crippen LogP contribution in [0.1, 0.15) is 39.8 Å². The fourth-order valence-electron chi connectivity index (χ4n) is 2.91. The maximum absolute atomic E-state index is 12.9. The third-order valence-corrected chi connectivity index (χ3v) is 4.25. The molecular formula is C14H17F3N6O. The molecule has 0 fully saturated rings. The van der Waals surface area contributed by atoms with Crippen LogP contribution in [0.5, 0.6) is 0 Å². The van der Waals surface area contributed by atoms with Crippen molar-refractivity contribution < 1.29 is 18.0 Å². The molecule has 2 aromatic heterocycles. The summed E-state index contributed by atoms with van der Waals surface area (Å²) in [5.74, 6) is -0.908. The van der Waals surface area contributed by atoms with Gasteiger partial charge in [0.05, 0.1) is 23.7 Å². The number of aromatic amines is 1. The van der Waals surface area contributed by atoms with Crippen molar-refractivity contribution in [1.29, 1.82) is 0 Å². The first kappa shape index (κ1) is 16.5. The Kier molecular flexibility index (Phi) is 4.06. The Morgan fingerprint density at radius 1 is 1.38 bits per heavy atom. The van der Waals surface area contributed by atoms with E-state index in [-0.39, 0.29) is 31.8 Å². The minimum atomic E-state index is -4.24. The molecule has 0 bridgehead atoms. The van der Waals surface area contributed by atoms with Gasteiger partial charge in [0.2, 0.25) is 0 Å². The lowest BCUT2D eigenvalue weighted by atomic mass is 9.99. The van der Waals surface area contributed by atoms with Crippen molar-refractivity contribution in [3.8, 4) is 0 Å². The van der Waals surface area contributed by atoms with Gasteiger partial charge in [-0.3, -0.25) is 9.89 Å². The molecule has 24 heavy (non-hydrogen) atoms. The first-order valence-corrected chi connectivity index (χ1v) is 7.54. The van der Waals surface area contributed by atoms with Crippen molar-refractivity contribution in [3.05, 3.63) is 28.6 Å². The molecule has 0 radical (unpaired) electrons. The second-order valence-electron chi connectivity index (χ2n) is 5.91. The lowest BCUT2D eigenvalue weighted by Gasteiger charge is -2.26. The number of carbonyl (C=O) groups excluding carboxylic acids is 1. The predicted molar refractivity (Wildman–Crippen MR) is 77.1 cm³/mol. The van der Waals surface area contributed by atoms with E-state index in [9.17, 15) is 18.0 Å². The molecule has 0 saturated carbocycles. The Morgan fingerprint density at radius 2 is 2.12 bits per heavy atom. The lowest BCUT2D eigenvalue weighted by Crippen LogP contribution is -2.34. The number of aromatic nitrogens is 5. The normalized spacial score (nSPS) is 17.6. The highest BCUT2D eigenvalue weighted by atomic mass is 19.4. The Balaban J connectivity index is 1.72. The number of hydrogen-bond donors (Lipinski definition) is 2. The van der Waals surface area contributed by atoms with Gasteiger partial charge in [0, 0.05) is 18.7 Å². The quantitative estimate of drug-likeness (QED) is 0.888. The van der Waals surface area contributed by atoms with Gasteiger partial charge in [0.15, 0.2) is 5.82 Å². The molecule has 0 saturated heterocycles. The summed E-state index contributed by atoms with van der Waals surface area (Å²) in [6.07, 6.45) is -4.00. The van der Waals surface area contributed by atoms with Gasteiger partial charge >= 0.3 is 6.18 Å². The summed E-state index contributed by atoms with van der Waals surface area (Å²) < 4.78 is 40.2. The maximum atomic E-state index is 12.9. The molecule has 1 aliphatic rings. The summed E-state index contributed by atoms with van der Waals surface area (Å²) in [7, 11) is 0. The largest absolute Gasteiger partial charge is 0.393 e. The van der Waals surface area contributed by atoms with E-state index in [0.717, 1.165) is 0 Å². The van der Waals surface area contributed by atoms with E-state index in [2.05, 4.69) is 25.7 Å². The average Bonchev–Trinajstić information content (AvgIpc) is 3.07. The van der Waals surface area contributed by atoms with Gasteiger partial charge in [-0.05, 0) is 20.3 Å². The zero-order valence-electron chi connectivity index (χ0n) is 13.2. The molecule has 2 aromatic rings. The van der Waals surface area contributed by atoms with Gasteiger partial charge < -0.3 is 9.88 Å². The van der Waals surface area contributed by atoms with Crippen LogP contribution in [0.2, 0.25) is 0 Å². The smallest absolute Gasteiger partial charge is 0.345 e. The zero-order chi connectivity index (χ0) is 17.5. The number of fused-ring (bicyclic) bond motifs is 1. The van der Waals surface area contributed by atoms with Crippen LogP contribution in [-0.4, -0.2) is 37.0 Å². The van der Waals surface area contributed by atoms with Crippen LogP contribution in [0.3, 0.4) is 0 Å². The molecule has 1 atom stereocenters. The molecule has 130 valence electrons. The van der Waals surface area contributed by atoms with Crippen molar-refractivity contribution in [1.82, 2.24) is 30.3 Å². The number of amides is 1. The second kappa shape index (κ2) is 5.91. The van der Waals surface area contributed by atoms with Crippen LogP contribution in [0.15, 0.2) is 0 Å². The molecule has 10 heteroatoms. The summed E-state index contributed by atoms with van der Waals surface area (Å²) >= 11 is 0. The number of hydrogen-bond acceptors (Lipinski definition) is 4. The molecule has 1 aliphatic heterocycles. The molecule has 0 aromatic carbocycles. The van der Waals surface area contributed by atoms with Crippen molar-refractivity contribution in [2.75, 3.05) is 0 Å². The molecule has 1 amide bonds. The summed E-state index contributed by atoms with van der Waals surface area (Å²) in [6, 6.07) is 0. The summed E-state index contributed by atoms with van der Waals surface area (Å²) in [4.78, 5) is 12.2. The number of halogens is 3. The third kappa shape index (κ3) is 3.00. The van der Waals surface area contributed by atoms with Gasteiger partial charge in [0.1, 0.15) is 5.82 Å². The highest BCUT2D eigenvalue weighted by Gasteiger charge is 2.42. The highest BCUT2D eigenvalue weighted by molar-refractivity contribution is 5.96. The van der Waals surface area contributed by atoms with Crippen molar-refractivity contribution in [3.63, 3.8) is 0 Å². The predicted octanol–water partition coefficient (Wildman–Crippen LogP) is 1.67. The molecule has 3 heterocycles. The Labute approximate surface area is 135 Å². The SMILES string of the molecule is Cc1n[nH]c(C)c1C(=O)NCc1nnc2n1CC(C(F)(F)F)CC2. The van der Waals surface area contributed by atoms with Crippen LogP contribution < -0.4 is 5.32 Å². The highest BCUT2D eigenvalue weighted by Crippen LogP contribution is 2.34. The lowest BCUT2D eigenvalue weighted by molar-refractivity contribution is -0.182. The van der Waals surface area contributed by atoms with Gasteiger partial charge in [0.25, 0.3) is 5.91 Å². The van der Waals surface area contributed by atoms with E-state index in [1.807, 2.05) is 0 Å². The van der Waals surface area contributed by atoms with Gasteiger partial charge in [-0.2, -0.15) is 18.3 Å². The number of rotatable bonds is 3. The average molecular weight is 342 g/mol. The molecular weight excluding hydrogens is 325 g/mol. The Bertz CT molecular complexity index is 744. The summed E-state index contributed by atoms with van der Waals surface area (Å²) in [5.41, 5.74) is 1.62. The molecule has 1 unspecified atom stereocenters.